The maximum Gasteiger partial charge on any atom is 0.0964 e. The third-order valence-electron chi connectivity index (χ3n) is 2.97. The van der Waals surface area contributed by atoms with Crippen molar-refractivity contribution in [3.05, 3.63) is 33.2 Å². The zero-order valence-corrected chi connectivity index (χ0v) is 11.5. The van der Waals surface area contributed by atoms with Gasteiger partial charge in [-0.15, -0.1) is 16.4 Å². The summed E-state index contributed by atoms with van der Waals surface area (Å²) < 4.78 is 2.67. The van der Waals surface area contributed by atoms with Gasteiger partial charge in [-0.1, -0.05) is 16.8 Å². The van der Waals surface area contributed by atoms with Gasteiger partial charge in [0.25, 0.3) is 0 Å². The van der Waals surface area contributed by atoms with E-state index in [0.717, 1.165) is 35.6 Å². The highest BCUT2D eigenvalue weighted by Crippen LogP contribution is 2.27. The molecule has 1 aliphatic rings. The van der Waals surface area contributed by atoms with Crippen LogP contribution in [0.2, 0.25) is 4.34 Å². The zero-order chi connectivity index (χ0) is 12.4. The Morgan fingerprint density at radius 1 is 1.44 bits per heavy atom. The third kappa shape index (κ3) is 3.31. The monoisotopic (exact) mass is 282 g/mol. The van der Waals surface area contributed by atoms with Crippen molar-refractivity contribution in [2.45, 2.75) is 25.9 Å². The molecule has 4 nitrogen and oxygen atoms in total. The van der Waals surface area contributed by atoms with Crippen LogP contribution in [0.3, 0.4) is 0 Å². The lowest BCUT2D eigenvalue weighted by Gasteiger charge is -1.98. The highest BCUT2D eigenvalue weighted by atomic mass is 35.5. The van der Waals surface area contributed by atoms with Crippen LogP contribution in [0.5, 0.6) is 0 Å². The van der Waals surface area contributed by atoms with E-state index in [9.17, 15) is 0 Å². The maximum absolute atomic E-state index is 5.90. The molecule has 0 bridgehead atoms. The predicted octanol–water partition coefficient (Wildman–Crippen LogP) is 2.54. The predicted molar refractivity (Wildman–Crippen MR) is 72.9 cm³/mol. The molecule has 0 saturated heterocycles. The van der Waals surface area contributed by atoms with Crippen LogP contribution in [0, 0.1) is 5.92 Å². The van der Waals surface area contributed by atoms with E-state index in [0.29, 0.717) is 0 Å². The lowest BCUT2D eigenvalue weighted by atomic mass is 10.4. The van der Waals surface area contributed by atoms with Crippen LogP contribution in [-0.2, 0) is 13.1 Å². The molecule has 3 rings (SSSR count). The minimum Gasteiger partial charge on any atom is -0.311 e. The SMILES string of the molecule is Clc1ccc(Cn2cc(CNCC3CC3)nn2)s1. The molecule has 0 spiro atoms. The molecule has 1 saturated carbocycles. The topological polar surface area (TPSA) is 42.7 Å². The zero-order valence-electron chi connectivity index (χ0n) is 9.97. The Kier molecular flexibility index (Phi) is 3.63. The molecule has 2 heterocycles. The lowest BCUT2D eigenvalue weighted by molar-refractivity contribution is 0.627. The molecular weight excluding hydrogens is 268 g/mol. The van der Waals surface area contributed by atoms with Gasteiger partial charge in [-0.3, -0.25) is 0 Å². The van der Waals surface area contributed by atoms with Crippen molar-refractivity contribution in [1.29, 1.82) is 0 Å². The Hall–Kier alpha value is -0.910. The molecule has 0 aliphatic heterocycles. The normalized spacial score (nSPS) is 15.2. The largest absolute Gasteiger partial charge is 0.311 e. The fourth-order valence-electron chi connectivity index (χ4n) is 1.82. The van der Waals surface area contributed by atoms with E-state index < -0.39 is 0 Å². The van der Waals surface area contributed by atoms with Gasteiger partial charge in [-0.05, 0) is 37.4 Å². The minimum absolute atomic E-state index is 0.743. The average Bonchev–Trinajstić information content (AvgIpc) is 2.92. The summed E-state index contributed by atoms with van der Waals surface area (Å²) in [7, 11) is 0. The third-order valence-corrected chi connectivity index (χ3v) is 4.18. The Labute approximate surface area is 115 Å². The second-order valence-corrected chi connectivity index (χ2v) is 6.49. The molecule has 1 fully saturated rings. The Morgan fingerprint density at radius 2 is 2.33 bits per heavy atom. The number of aromatic nitrogens is 3. The van der Waals surface area contributed by atoms with Crippen LogP contribution >= 0.6 is 22.9 Å². The number of hydrogen-bond donors (Lipinski definition) is 1. The molecule has 96 valence electrons. The Morgan fingerprint density at radius 3 is 3.06 bits per heavy atom. The van der Waals surface area contributed by atoms with Gasteiger partial charge in [0.1, 0.15) is 0 Å². The number of thiophene rings is 1. The van der Waals surface area contributed by atoms with Crippen LogP contribution < -0.4 is 5.32 Å². The number of hydrogen-bond acceptors (Lipinski definition) is 4. The summed E-state index contributed by atoms with van der Waals surface area (Å²) in [5.74, 6) is 0.897. The van der Waals surface area contributed by atoms with Crippen molar-refractivity contribution in [3.63, 3.8) is 0 Å². The number of nitrogens with one attached hydrogen (secondary N) is 1. The van der Waals surface area contributed by atoms with Gasteiger partial charge >= 0.3 is 0 Å². The van der Waals surface area contributed by atoms with E-state index in [4.69, 9.17) is 11.6 Å². The standard InChI is InChI=1S/C12H15ClN4S/c13-12-4-3-11(18-12)8-17-7-10(15-16-17)6-14-5-9-1-2-9/h3-4,7,9,14H,1-2,5-6,8H2. The fraction of sp³-hybridized carbons (Fsp3) is 0.500. The first kappa shape index (κ1) is 12.1. The Balaban J connectivity index is 1.52. The highest BCUT2D eigenvalue weighted by molar-refractivity contribution is 7.16. The molecule has 2 aromatic heterocycles. The molecule has 0 radical (unpaired) electrons. The second kappa shape index (κ2) is 5.38. The average molecular weight is 283 g/mol. The quantitative estimate of drug-likeness (QED) is 0.885. The van der Waals surface area contributed by atoms with Crippen LogP contribution in [0.15, 0.2) is 18.3 Å². The summed E-state index contributed by atoms with van der Waals surface area (Å²) in [5, 5.41) is 11.7. The maximum atomic E-state index is 5.90. The summed E-state index contributed by atoms with van der Waals surface area (Å²) >= 11 is 7.48. The van der Waals surface area contributed by atoms with Crippen LogP contribution in [0.1, 0.15) is 23.4 Å². The number of rotatable bonds is 6. The lowest BCUT2D eigenvalue weighted by Crippen LogP contribution is -2.16. The van der Waals surface area contributed by atoms with Gasteiger partial charge in [-0.25, -0.2) is 4.68 Å². The molecular formula is C12H15ClN4S. The first-order chi connectivity index (χ1) is 8.79. The van der Waals surface area contributed by atoms with Crippen LogP contribution in [-0.4, -0.2) is 21.5 Å². The van der Waals surface area contributed by atoms with Crippen molar-refractivity contribution in [2.75, 3.05) is 6.54 Å². The molecule has 0 amide bonds. The van der Waals surface area contributed by atoms with Gasteiger partial charge in [-0.2, -0.15) is 0 Å². The summed E-state index contributed by atoms with van der Waals surface area (Å²) in [6, 6.07) is 3.94. The molecule has 0 aromatic carbocycles. The van der Waals surface area contributed by atoms with Crippen molar-refractivity contribution in [2.24, 2.45) is 5.92 Å². The van der Waals surface area contributed by atoms with Crippen LogP contribution in [0.25, 0.3) is 0 Å². The van der Waals surface area contributed by atoms with Crippen molar-refractivity contribution in [3.8, 4) is 0 Å². The number of halogens is 1. The van der Waals surface area contributed by atoms with Gasteiger partial charge in [0.05, 0.1) is 22.8 Å². The van der Waals surface area contributed by atoms with E-state index in [-0.39, 0.29) is 0 Å². The van der Waals surface area contributed by atoms with Crippen LogP contribution in [0.4, 0.5) is 0 Å². The highest BCUT2D eigenvalue weighted by Gasteiger charge is 2.20. The first-order valence-corrected chi connectivity index (χ1v) is 7.33. The van der Waals surface area contributed by atoms with Crippen molar-refractivity contribution in [1.82, 2.24) is 20.3 Å². The Bertz CT molecular complexity index is 518. The van der Waals surface area contributed by atoms with Gasteiger partial charge in [0.2, 0.25) is 0 Å². The van der Waals surface area contributed by atoms with Crippen molar-refractivity contribution >= 4 is 22.9 Å². The summed E-state index contributed by atoms with van der Waals surface area (Å²) in [5.41, 5.74) is 0.998. The molecule has 18 heavy (non-hydrogen) atoms. The van der Waals surface area contributed by atoms with Gasteiger partial charge in [0, 0.05) is 11.4 Å². The smallest absolute Gasteiger partial charge is 0.0964 e. The van der Waals surface area contributed by atoms with Crippen molar-refractivity contribution < 1.29 is 0 Å². The molecule has 6 heteroatoms. The molecule has 1 N–H and O–H groups in total. The van der Waals surface area contributed by atoms with E-state index in [1.807, 2.05) is 23.0 Å². The first-order valence-electron chi connectivity index (χ1n) is 6.13. The summed E-state index contributed by atoms with van der Waals surface area (Å²) in [6.07, 6.45) is 4.74. The molecule has 0 atom stereocenters. The van der Waals surface area contributed by atoms with E-state index >= 15 is 0 Å². The fourth-order valence-corrected chi connectivity index (χ4v) is 2.90. The van der Waals surface area contributed by atoms with Gasteiger partial charge < -0.3 is 5.32 Å². The van der Waals surface area contributed by atoms with E-state index in [1.54, 1.807) is 11.3 Å². The molecule has 2 aromatic rings. The molecule has 1 aliphatic carbocycles. The number of nitrogens with zero attached hydrogens (tertiary/aromatic N) is 3. The molecule has 0 unspecified atom stereocenters. The van der Waals surface area contributed by atoms with E-state index in [2.05, 4.69) is 15.6 Å². The second-order valence-electron chi connectivity index (χ2n) is 4.69. The van der Waals surface area contributed by atoms with Gasteiger partial charge in [0.15, 0.2) is 0 Å². The summed E-state index contributed by atoms with van der Waals surface area (Å²) in [6.45, 7) is 2.65. The minimum atomic E-state index is 0.743. The summed E-state index contributed by atoms with van der Waals surface area (Å²) in [4.78, 5) is 1.20. The van der Waals surface area contributed by atoms with E-state index in [1.165, 1.54) is 17.7 Å².